The minimum absolute atomic E-state index is 0.0232. The van der Waals surface area contributed by atoms with Gasteiger partial charge in [-0.15, -0.1) is 0 Å². The highest BCUT2D eigenvalue weighted by Crippen LogP contribution is 2.17. The van der Waals surface area contributed by atoms with E-state index >= 15 is 0 Å². The Bertz CT molecular complexity index is 860. The van der Waals surface area contributed by atoms with Crippen LogP contribution in [-0.4, -0.2) is 44.2 Å². The predicted molar refractivity (Wildman–Crippen MR) is 120 cm³/mol. The molecule has 31 heavy (non-hydrogen) atoms. The lowest BCUT2D eigenvalue weighted by Gasteiger charge is -2.18. The van der Waals surface area contributed by atoms with Crippen molar-refractivity contribution < 1.29 is 18.7 Å². The molecule has 8 heteroatoms. The van der Waals surface area contributed by atoms with Gasteiger partial charge in [-0.1, -0.05) is 24.3 Å². The smallest absolute Gasteiger partial charge is 0.257 e. The second-order valence-corrected chi connectivity index (χ2v) is 6.82. The highest BCUT2D eigenvalue weighted by atomic mass is 19.1. The molecule has 0 saturated heterocycles. The Hall–Kier alpha value is -3.29. The number of carbonyl (C=O) groups is 1. The highest BCUT2D eigenvalue weighted by molar-refractivity contribution is 5.79. The molecule has 2 aromatic rings. The molecule has 1 amide bonds. The Kier molecular flexibility index (Phi) is 10.1. The Balaban J connectivity index is 1.89. The standard InChI is InChI=1S/C23H31FN4O3/c1-4-25-22(29)16-30-19-10-8-9-18(13-19)15-28-23(26-5-2)27-14-17(3)31-21-12-7-6-11-20(21)24/h6-13,17H,4-5,14-16H2,1-3H3,(H,25,29)(H2,26,27,28). The third-order valence-corrected chi connectivity index (χ3v) is 4.13. The Morgan fingerprint density at radius 2 is 1.84 bits per heavy atom. The molecular weight excluding hydrogens is 399 g/mol. The van der Waals surface area contributed by atoms with Crippen LogP contribution in [0.3, 0.4) is 0 Å². The zero-order valence-corrected chi connectivity index (χ0v) is 18.3. The molecule has 0 radical (unpaired) electrons. The molecule has 0 aliphatic heterocycles. The second-order valence-electron chi connectivity index (χ2n) is 6.82. The minimum Gasteiger partial charge on any atom is -0.486 e. The summed E-state index contributed by atoms with van der Waals surface area (Å²) >= 11 is 0. The van der Waals surface area contributed by atoms with Crippen molar-refractivity contribution in [1.82, 2.24) is 16.0 Å². The summed E-state index contributed by atoms with van der Waals surface area (Å²) in [4.78, 5) is 16.1. The largest absolute Gasteiger partial charge is 0.486 e. The molecule has 0 aliphatic rings. The number of aliphatic imine (C=N–C) groups is 1. The van der Waals surface area contributed by atoms with Crippen LogP contribution in [0.2, 0.25) is 0 Å². The van der Waals surface area contributed by atoms with Crippen molar-refractivity contribution in [2.75, 3.05) is 26.2 Å². The van der Waals surface area contributed by atoms with Gasteiger partial charge in [-0.3, -0.25) is 4.79 Å². The third-order valence-electron chi connectivity index (χ3n) is 4.13. The average Bonchev–Trinajstić information content (AvgIpc) is 2.76. The summed E-state index contributed by atoms with van der Waals surface area (Å²) in [6.45, 7) is 7.83. The van der Waals surface area contributed by atoms with Gasteiger partial charge in [0.1, 0.15) is 11.9 Å². The van der Waals surface area contributed by atoms with Crippen molar-refractivity contribution >= 4 is 11.9 Å². The highest BCUT2D eigenvalue weighted by Gasteiger charge is 2.09. The normalized spacial score (nSPS) is 12.1. The van der Waals surface area contributed by atoms with Crippen LogP contribution in [0.25, 0.3) is 0 Å². The van der Waals surface area contributed by atoms with Crippen LogP contribution in [0.1, 0.15) is 26.3 Å². The maximum atomic E-state index is 13.7. The topological polar surface area (TPSA) is 84.0 Å². The van der Waals surface area contributed by atoms with Crippen LogP contribution >= 0.6 is 0 Å². The van der Waals surface area contributed by atoms with E-state index in [0.29, 0.717) is 37.9 Å². The fourth-order valence-corrected chi connectivity index (χ4v) is 2.68. The monoisotopic (exact) mass is 430 g/mol. The lowest BCUT2D eigenvalue weighted by atomic mass is 10.2. The first kappa shape index (κ1) is 24.0. The maximum absolute atomic E-state index is 13.7. The first-order chi connectivity index (χ1) is 15.0. The molecule has 1 unspecified atom stereocenters. The molecule has 7 nitrogen and oxygen atoms in total. The summed E-state index contributed by atoms with van der Waals surface area (Å²) in [7, 11) is 0. The van der Waals surface area contributed by atoms with E-state index in [1.807, 2.05) is 39.0 Å². The van der Waals surface area contributed by atoms with Crippen LogP contribution in [-0.2, 0) is 11.3 Å². The Morgan fingerprint density at radius 3 is 2.58 bits per heavy atom. The van der Waals surface area contributed by atoms with Gasteiger partial charge in [0, 0.05) is 13.1 Å². The van der Waals surface area contributed by atoms with Crippen molar-refractivity contribution in [2.24, 2.45) is 4.99 Å². The van der Waals surface area contributed by atoms with E-state index in [-0.39, 0.29) is 30.2 Å². The third kappa shape index (κ3) is 8.94. The van der Waals surface area contributed by atoms with Crippen molar-refractivity contribution in [1.29, 1.82) is 0 Å². The summed E-state index contributed by atoms with van der Waals surface area (Å²) in [6.07, 6.45) is -0.258. The minimum atomic E-state index is -0.385. The quantitative estimate of drug-likeness (QED) is 0.377. The zero-order chi connectivity index (χ0) is 22.5. The number of hydrogen-bond acceptors (Lipinski definition) is 4. The van der Waals surface area contributed by atoms with Crippen molar-refractivity contribution in [3.8, 4) is 11.5 Å². The molecule has 0 saturated carbocycles. The fraction of sp³-hybridized carbons (Fsp3) is 0.391. The lowest BCUT2D eigenvalue weighted by Crippen LogP contribution is -2.41. The summed E-state index contributed by atoms with van der Waals surface area (Å²) in [6, 6.07) is 13.8. The number of ether oxygens (including phenoxy) is 2. The average molecular weight is 431 g/mol. The number of amides is 1. The van der Waals surface area contributed by atoms with Crippen LogP contribution in [0.15, 0.2) is 53.5 Å². The number of nitrogens with zero attached hydrogens (tertiary/aromatic N) is 1. The molecule has 2 aromatic carbocycles. The van der Waals surface area contributed by atoms with Gasteiger partial charge < -0.3 is 25.4 Å². The Labute approximate surface area is 183 Å². The van der Waals surface area contributed by atoms with Crippen molar-refractivity contribution in [2.45, 2.75) is 33.4 Å². The van der Waals surface area contributed by atoms with E-state index in [2.05, 4.69) is 20.9 Å². The zero-order valence-electron chi connectivity index (χ0n) is 18.3. The molecular formula is C23H31FN4O3. The van der Waals surface area contributed by atoms with Crippen LogP contribution in [0, 0.1) is 5.82 Å². The number of halogens is 1. The molecule has 0 aliphatic carbocycles. The van der Waals surface area contributed by atoms with Crippen LogP contribution in [0.4, 0.5) is 4.39 Å². The first-order valence-corrected chi connectivity index (χ1v) is 10.4. The molecule has 0 bridgehead atoms. The molecule has 2 rings (SSSR count). The van der Waals surface area contributed by atoms with E-state index < -0.39 is 0 Å². The van der Waals surface area contributed by atoms with Gasteiger partial charge in [-0.25, -0.2) is 9.38 Å². The number of guanidine groups is 1. The molecule has 1 atom stereocenters. The van der Waals surface area contributed by atoms with Gasteiger partial charge in [0.05, 0.1) is 13.1 Å². The van der Waals surface area contributed by atoms with E-state index in [0.717, 1.165) is 5.56 Å². The van der Waals surface area contributed by atoms with E-state index in [1.54, 1.807) is 24.3 Å². The van der Waals surface area contributed by atoms with E-state index in [4.69, 9.17) is 9.47 Å². The number of likely N-dealkylation sites (N-methyl/N-ethyl adjacent to an activating group) is 1. The first-order valence-electron chi connectivity index (χ1n) is 10.4. The molecule has 0 heterocycles. The van der Waals surface area contributed by atoms with Gasteiger partial charge in [-0.05, 0) is 50.6 Å². The Morgan fingerprint density at radius 1 is 1.06 bits per heavy atom. The van der Waals surface area contributed by atoms with Gasteiger partial charge in [0.2, 0.25) is 0 Å². The van der Waals surface area contributed by atoms with Gasteiger partial charge in [0.25, 0.3) is 5.91 Å². The van der Waals surface area contributed by atoms with Crippen LogP contribution in [0.5, 0.6) is 11.5 Å². The van der Waals surface area contributed by atoms with Gasteiger partial charge in [-0.2, -0.15) is 0 Å². The molecule has 0 aromatic heterocycles. The predicted octanol–water partition coefficient (Wildman–Crippen LogP) is 2.86. The number of rotatable bonds is 11. The summed E-state index contributed by atoms with van der Waals surface area (Å²) in [5.41, 5.74) is 0.946. The SMILES string of the molecule is CCNC(=O)COc1cccc(CN=C(NCC)NCC(C)Oc2ccccc2F)c1. The molecule has 0 spiro atoms. The number of benzene rings is 2. The van der Waals surface area contributed by atoms with Crippen molar-refractivity contribution in [3.05, 3.63) is 59.9 Å². The molecule has 3 N–H and O–H groups in total. The number of carbonyl (C=O) groups excluding carboxylic acids is 1. The summed E-state index contributed by atoms with van der Waals surface area (Å²) in [5, 5.41) is 9.08. The second kappa shape index (κ2) is 13.1. The number of hydrogen-bond donors (Lipinski definition) is 3. The summed E-state index contributed by atoms with van der Waals surface area (Å²) in [5.74, 6) is 0.924. The van der Waals surface area contributed by atoms with Crippen LogP contribution < -0.4 is 25.4 Å². The maximum Gasteiger partial charge on any atom is 0.257 e. The van der Waals surface area contributed by atoms with E-state index in [9.17, 15) is 9.18 Å². The lowest BCUT2D eigenvalue weighted by molar-refractivity contribution is -0.122. The van der Waals surface area contributed by atoms with Gasteiger partial charge >= 0.3 is 0 Å². The molecule has 168 valence electrons. The van der Waals surface area contributed by atoms with Crippen molar-refractivity contribution in [3.63, 3.8) is 0 Å². The fourth-order valence-electron chi connectivity index (χ4n) is 2.68. The number of nitrogens with one attached hydrogen (secondary N) is 3. The summed E-state index contributed by atoms with van der Waals surface area (Å²) < 4.78 is 24.9. The molecule has 0 fully saturated rings. The van der Waals surface area contributed by atoms with E-state index in [1.165, 1.54) is 6.07 Å². The van der Waals surface area contributed by atoms with Gasteiger partial charge in [0.15, 0.2) is 24.1 Å². The number of para-hydroxylation sites is 1.